The molecule has 1 amide bonds. The zero-order valence-corrected chi connectivity index (χ0v) is 8.84. The maximum absolute atomic E-state index is 11.3. The molecule has 16 heavy (non-hydrogen) atoms. The third kappa shape index (κ3) is 1.63. The Labute approximate surface area is 92.7 Å². The maximum atomic E-state index is 11.3. The molecule has 0 atom stereocenters. The van der Waals surface area contributed by atoms with Crippen molar-refractivity contribution in [2.45, 2.75) is 6.92 Å². The van der Waals surface area contributed by atoms with Gasteiger partial charge in [0.05, 0.1) is 11.3 Å². The number of nitrogen functional groups attached to an aromatic ring is 1. The molecule has 0 spiro atoms. The van der Waals surface area contributed by atoms with Crippen LogP contribution in [0.1, 0.15) is 16.2 Å². The third-order valence-corrected chi connectivity index (χ3v) is 2.37. The molecule has 82 valence electrons. The van der Waals surface area contributed by atoms with Gasteiger partial charge in [-0.05, 0) is 25.1 Å². The molecule has 5 nitrogen and oxygen atoms in total. The number of anilines is 1. The number of hydrogen-bond donors (Lipinski definition) is 2. The molecule has 1 heterocycles. The number of aryl methyl sites for hydroxylation is 1. The highest BCUT2D eigenvalue weighted by atomic mass is 16.1. The van der Waals surface area contributed by atoms with Gasteiger partial charge in [-0.25, -0.2) is 4.98 Å². The molecular weight excluding hydrogens is 204 g/mol. The predicted molar refractivity (Wildman–Crippen MR) is 61.2 cm³/mol. The Hall–Kier alpha value is -2.30. The van der Waals surface area contributed by atoms with Crippen LogP contribution in [-0.2, 0) is 0 Å². The number of benzene rings is 1. The first-order valence-electron chi connectivity index (χ1n) is 4.79. The second-order valence-corrected chi connectivity index (χ2v) is 3.49. The molecule has 4 N–H and O–H groups in total. The largest absolute Gasteiger partial charge is 0.399 e. The first-order chi connectivity index (χ1) is 7.59. The molecule has 5 heteroatoms. The Morgan fingerprint density at radius 1 is 1.44 bits per heavy atom. The van der Waals surface area contributed by atoms with Gasteiger partial charge in [0.2, 0.25) is 0 Å². The minimum Gasteiger partial charge on any atom is -0.399 e. The number of imidazole rings is 1. The van der Waals surface area contributed by atoms with E-state index in [4.69, 9.17) is 11.5 Å². The molecule has 2 rings (SSSR count). The summed E-state index contributed by atoms with van der Waals surface area (Å²) in [5, 5.41) is 0. The van der Waals surface area contributed by atoms with Gasteiger partial charge in [-0.1, -0.05) is 0 Å². The van der Waals surface area contributed by atoms with Crippen LogP contribution < -0.4 is 11.5 Å². The summed E-state index contributed by atoms with van der Waals surface area (Å²) >= 11 is 0. The van der Waals surface area contributed by atoms with Gasteiger partial charge in [0.15, 0.2) is 0 Å². The van der Waals surface area contributed by atoms with Gasteiger partial charge in [-0.15, -0.1) is 0 Å². The van der Waals surface area contributed by atoms with Crippen molar-refractivity contribution in [3.8, 4) is 5.69 Å². The van der Waals surface area contributed by atoms with Crippen LogP contribution in [0.15, 0.2) is 30.6 Å². The van der Waals surface area contributed by atoms with E-state index in [9.17, 15) is 4.79 Å². The van der Waals surface area contributed by atoms with Crippen molar-refractivity contribution in [1.82, 2.24) is 9.55 Å². The second-order valence-electron chi connectivity index (χ2n) is 3.49. The molecule has 0 fully saturated rings. The van der Waals surface area contributed by atoms with E-state index in [1.54, 1.807) is 35.2 Å². The Morgan fingerprint density at radius 3 is 2.75 bits per heavy atom. The summed E-state index contributed by atoms with van der Waals surface area (Å²) in [5.74, 6) is 0.280. The monoisotopic (exact) mass is 216 g/mol. The quantitative estimate of drug-likeness (QED) is 0.730. The molecule has 0 saturated carbocycles. The number of hydrogen-bond acceptors (Lipinski definition) is 3. The van der Waals surface area contributed by atoms with E-state index in [2.05, 4.69) is 4.98 Å². The number of aromatic nitrogens is 2. The summed E-state index contributed by atoms with van der Waals surface area (Å²) < 4.78 is 1.79. The van der Waals surface area contributed by atoms with E-state index in [0.717, 1.165) is 5.82 Å². The summed E-state index contributed by atoms with van der Waals surface area (Å²) in [6, 6.07) is 5.04. The van der Waals surface area contributed by atoms with Crippen molar-refractivity contribution >= 4 is 11.6 Å². The van der Waals surface area contributed by atoms with E-state index in [1.807, 2.05) is 6.92 Å². The molecule has 0 radical (unpaired) electrons. The van der Waals surface area contributed by atoms with Crippen molar-refractivity contribution in [2.24, 2.45) is 5.73 Å². The summed E-state index contributed by atoms with van der Waals surface area (Å²) in [6.07, 6.45) is 3.43. The lowest BCUT2D eigenvalue weighted by Gasteiger charge is -2.10. The van der Waals surface area contributed by atoms with Gasteiger partial charge in [0, 0.05) is 18.1 Å². The number of rotatable bonds is 2. The lowest BCUT2D eigenvalue weighted by Crippen LogP contribution is -2.15. The fraction of sp³-hybridized carbons (Fsp3) is 0.0909. The zero-order valence-electron chi connectivity index (χ0n) is 8.84. The number of amides is 1. The molecular formula is C11H12N4O. The molecule has 0 aliphatic carbocycles. The topological polar surface area (TPSA) is 86.9 Å². The van der Waals surface area contributed by atoms with Gasteiger partial charge < -0.3 is 16.0 Å². The van der Waals surface area contributed by atoms with Crippen LogP contribution in [0.3, 0.4) is 0 Å². The molecule has 0 unspecified atom stereocenters. The number of carbonyl (C=O) groups is 1. The average molecular weight is 216 g/mol. The summed E-state index contributed by atoms with van der Waals surface area (Å²) in [5.41, 5.74) is 12.5. The Balaban J connectivity index is 2.65. The number of nitrogens with zero attached hydrogens (tertiary/aromatic N) is 2. The van der Waals surface area contributed by atoms with Gasteiger partial charge in [-0.2, -0.15) is 0 Å². The van der Waals surface area contributed by atoms with E-state index in [-0.39, 0.29) is 0 Å². The van der Waals surface area contributed by atoms with Gasteiger partial charge in [0.25, 0.3) is 5.91 Å². The van der Waals surface area contributed by atoms with Crippen molar-refractivity contribution in [3.63, 3.8) is 0 Å². The first-order valence-corrected chi connectivity index (χ1v) is 4.79. The minimum absolute atomic E-state index is 0.390. The highest BCUT2D eigenvalue weighted by Gasteiger charge is 2.11. The maximum Gasteiger partial charge on any atom is 0.250 e. The predicted octanol–water partition coefficient (Wildman–Crippen LogP) is 0.862. The molecule has 1 aromatic carbocycles. The summed E-state index contributed by atoms with van der Waals surface area (Å²) in [6.45, 7) is 1.85. The van der Waals surface area contributed by atoms with Crippen molar-refractivity contribution in [1.29, 1.82) is 0 Å². The Morgan fingerprint density at radius 2 is 2.19 bits per heavy atom. The van der Waals surface area contributed by atoms with Crippen LogP contribution in [0.5, 0.6) is 0 Å². The Kier molecular flexibility index (Phi) is 2.36. The van der Waals surface area contributed by atoms with Gasteiger partial charge >= 0.3 is 0 Å². The van der Waals surface area contributed by atoms with Crippen molar-refractivity contribution in [2.75, 3.05) is 5.73 Å². The average Bonchev–Trinajstić information content (AvgIpc) is 2.64. The molecule has 0 saturated heterocycles. The zero-order chi connectivity index (χ0) is 11.7. The van der Waals surface area contributed by atoms with Crippen LogP contribution in [0.2, 0.25) is 0 Å². The van der Waals surface area contributed by atoms with Gasteiger partial charge in [-0.3, -0.25) is 4.79 Å². The van der Waals surface area contributed by atoms with Crippen molar-refractivity contribution in [3.05, 3.63) is 42.0 Å². The standard InChI is InChI=1S/C11H12N4O/c1-7-14-4-5-15(7)10-3-2-8(12)6-9(10)11(13)16/h2-6H,12H2,1H3,(H2,13,16). The number of nitrogens with two attached hydrogens (primary N) is 2. The van der Waals surface area contributed by atoms with E-state index < -0.39 is 5.91 Å². The Bertz CT molecular complexity index is 545. The molecule has 1 aromatic heterocycles. The summed E-state index contributed by atoms with van der Waals surface area (Å²) in [7, 11) is 0. The fourth-order valence-corrected chi connectivity index (χ4v) is 1.59. The SMILES string of the molecule is Cc1nccn1-c1ccc(N)cc1C(N)=O. The number of primary amides is 1. The van der Waals surface area contributed by atoms with E-state index >= 15 is 0 Å². The normalized spacial score (nSPS) is 10.3. The van der Waals surface area contributed by atoms with E-state index in [0.29, 0.717) is 16.9 Å². The lowest BCUT2D eigenvalue weighted by molar-refractivity contribution is 0.100. The second kappa shape index (κ2) is 3.69. The van der Waals surface area contributed by atoms with E-state index in [1.165, 1.54) is 0 Å². The third-order valence-electron chi connectivity index (χ3n) is 2.37. The van der Waals surface area contributed by atoms with Crippen LogP contribution in [0, 0.1) is 6.92 Å². The molecule has 2 aromatic rings. The van der Waals surface area contributed by atoms with Crippen LogP contribution >= 0.6 is 0 Å². The smallest absolute Gasteiger partial charge is 0.250 e. The lowest BCUT2D eigenvalue weighted by atomic mass is 10.1. The summed E-state index contributed by atoms with van der Waals surface area (Å²) in [4.78, 5) is 15.4. The number of carbonyl (C=O) groups excluding carboxylic acids is 1. The fourth-order valence-electron chi connectivity index (χ4n) is 1.59. The van der Waals surface area contributed by atoms with Gasteiger partial charge in [0.1, 0.15) is 5.82 Å². The minimum atomic E-state index is -0.504. The highest BCUT2D eigenvalue weighted by Crippen LogP contribution is 2.18. The van der Waals surface area contributed by atoms with Crippen LogP contribution in [0.25, 0.3) is 5.69 Å². The first kappa shape index (κ1) is 10.2. The molecule has 0 aliphatic heterocycles. The molecule has 0 aliphatic rings. The van der Waals surface area contributed by atoms with Crippen LogP contribution in [0.4, 0.5) is 5.69 Å². The van der Waals surface area contributed by atoms with Crippen molar-refractivity contribution < 1.29 is 4.79 Å². The van der Waals surface area contributed by atoms with Crippen LogP contribution in [-0.4, -0.2) is 15.5 Å². The highest BCUT2D eigenvalue weighted by molar-refractivity contribution is 5.97. The molecule has 0 bridgehead atoms.